The molecule has 0 aliphatic carbocycles. The predicted octanol–water partition coefficient (Wildman–Crippen LogP) is 7.33. The third-order valence-corrected chi connectivity index (χ3v) is 5.90. The number of anilines is 1. The van der Waals surface area contributed by atoms with Crippen molar-refractivity contribution in [2.24, 2.45) is 5.73 Å². The van der Waals surface area contributed by atoms with Gasteiger partial charge in [0.05, 0.1) is 5.52 Å². The lowest BCUT2D eigenvalue weighted by atomic mass is 10.2. The summed E-state index contributed by atoms with van der Waals surface area (Å²) in [7, 11) is 0. The minimum absolute atomic E-state index is 0.516. The van der Waals surface area contributed by atoms with E-state index in [9.17, 15) is 4.79 Å². The molecule has 2 heterocycles. The Bertz CT molecular complexity index is 930. The van der Waals surface area contributed by atoms with Crippen LogP contribution in [0, 0.1) is 13.8 Å². The van der Waals surface area contributed by atoms with E-state index in [-0.39, 0.29) is 0 Å². The van der Waals surface area contributed by atoms with Crippen LogP contribution in [0.25, 0.3) is 11.0 Å². The zero-order chi connectivity index (χ0) is 27.9. The minimum Gasteiger partial charge on any atom is -0.382 e. The lowest BCUT2D eigenvalue weighted by molar-refractivity contribution is -0.104. The van der Waals surface area contributed by atoms with Crippen LogP contribution >= 0.6 is 11.8 Å². The van der Waals surface area contributed by atoms with Crippen LogP contribution in [0.1, 0.15) is 84.3 Å². The molecule has 4 N–H and O–H groups in total. The van der Waals surface area contributed by atoms with Gasteiger partial charge in [0.15, 0.2) is 5.82 Å². The first-order valence-electron chi connectivity index (χ1n) is 13.1. The summed E-state index contributed by atoms with van der Waals surface area (Å²) in [6, 6.07) is 0. The SMILES string of the molecule is C/C=C/SCCCn1c(CCC)nc2c(N)nc(C)c(C)c21.C=C(C=O)/C=C\C.CC.CCCCN. The number of aldehydes is 1. The lowest BCUT2D eigenvalue weighted by Gasteiger charge is -2.11. The normalized spacial score (nSPS) is 10.4. The van der Waals surface area contributed by atoms with Crippen molar-refractivity contribution >= 4 is 34.9 Å². The molecule has 7 heteroatoms. The Morgan fingerprint density at radius 1 is 1.08 bits per heavy atom. The maximum Gasteiger partial charge on any atom is 0.151 e. The first kappa shape index (κ1) is 35.8. The second-order valence-electron chi connectivity index (χ2n) is 7.86. The molecule has 0 unspecified atom stereocenters. The molecule has 36 heavy (non-hydrogen) atoms. The van der Waals surface area contributed by atoms with E-state index in [1.165, 1.54) is 23.9 Å². The highest BCUT2D eigenvalue weighted by molar-refractivity contribution is 8.02. The Labute approximate surface area is 224 Å². The molecule has 0 aliphatic heterocycles. The van der Waals surface area contributed by atoms with Crippen molar-refractivity contribution < 1.29 is 4.79 Å². The second-order valence-corrected chi connectivity index (χ2v) is 8.88. The largest absolute Gasteiger partial charge is 0.382 e. The summed E-state index contributed by atoms with van der Waals surface area (Å²) >= 11 is 1.86. The van der Waals surface area contributed by atoms with E-state index in [1.54, 1.807) is 12.2 Å². The van der Waals surface area contributed by atoms with Gasteiger partial charge in [0, 0.05) is 24.2 Å². The number of thioether (sulfide) groups is 1. The fraction of sp³-hybridized carbons (Fsp3) is 0.552. The zero-order valence-electron chi connectivity index (χ0n) is 24.1. The van der Waals surface area contributed by atoms with E-state index in [4.69, 9.17) is 16.5 Å². The topological polar surface area (TPSA) is 99.8 Å². The van der Waals surface area contributed by atoms with Crippen molar-refractivity contribution in [3.63, 3.8) is 0 Å². The van der Waals surface area contributed by atoms with Gasteiger partial charge in [0.25, 0.3) is 0 Å². The molecule has 0 bridgehead atoms. The van der Waals surface area contributed by atoms with E-state index in [2.05, 4.69) is 55.3 Å². The number of aromatic nitrogens is 3. The van der Waals surface area contributed by atoms with Crippen LogP contribution in [0.2, 0.25) is 0 Å². The van der Waals surface area contributed by atoms with Gasteiger partial charge >= 0.3 is 0 Å². The molecule has 2 aromatic heterocycles. The van der Waals surface area contributed by atoms with E-state index >= 15 is 0 Å². The number of nitrogen functional groups attached to an aromatic ring is 1. The molecule has 204 valence electrons. The van der Waals surface area contributed by atoms with Gasteiger partial charge in [0.2, 0.25) is 0 Å². The predicted molar refractivity (Wildman–Crippen MR) is 163 cm³/mol. The first-order valence-corrected chi connectivity index (χ1v) is 14.2. The number of hydrogen-bond donors (Lipinski definition) is 2. The summed E-state index contributed by atoms with van der Waals surface area (Å²) in [5.41, 5.74) is 16.0. The maximum atomic E-state index is 9.74. The molecular formula is C29H51N5OS. The zero-order valence-corrected chi connectivity index (χ0v) is 24.9. The van der Waals surface area contributed by atoms with Crippen molar-refractivity contribution in [1.29, 1.82) is 0 Å². The molecule has 2 rings (SSSR count). The smallest absolute Gasteiger partial charge is 0.151 e. The number of imidazole rings is 1. The molecule has 0 atom stereocenters. The highest BCUT2D eigenvalue weighted by Gasteiger charge is 2.16. The molecule has 0 radical (unpaired) electrons. The van der Waals surface area contributed by atoms with E-state index in [1.807, 2.05) is 39.5 Å². The summed E-state index contributed by atoms with van der Waals surface area (Å²) in [4.78, 5) is 18.9. The number of unbranched alkanes of at least 4 members (excludes halogenated alkanes) is 1. The molecule has 0 aliphatic rings. The molecular weight excluding hydrogens is 466 g/mol. The maximum absolute atomic E-state index is 9.74. The van der Waals surface area contributed by atoms with Crippen molar-refractivity contribution in [2.75, 3.05) is 18.0 Å². The molecule has 0 saturated heterocycles. The molecule has 6 nitrogen and oxygen atoms in total. The fourth-order valence-corrected chi connectivity index (χ4v) is 3.75. The number of carbonyl (C=O) groups excluding carboxylic acids is 1. The monoisotopic (exact) mass is 517 g/mol. The molecule has 0 saturated carbocycles. The quantitative estimate of drug-likeness (QED) is 0.140. The highest BCUT2D eigenvalue weighted by Crippen LogP contribution is 2.27. The van der Waals surface area contributed by atoms with Crippen LogP contribution < -0.4 is 11.5 Å². The number of pyridine rings is 1. The van der Waals surface area contributed by atoms with Crippen molar-refractivity contribution in [3.8, 4) is 0 Å². The molecule has 0 spiro atoms. The number of hydrogen-bond acceptors (Lipinski definition) is 6. The lowest BCUT2D eigenvalue weighted by Crippen LogP contribution is -2.06. The number of nitrogens with two attached hydrogens (primary N) is 2. The number of carbonyl (C=O) groups is 1. The van der Waals surface area contributed by atoms with Crippen LogP contribution in [0.5, 0.6) is 0 Å². The molecule has 0 amide bonds. The first-order chi connectivity index (χ1) is 17.3. The standard InChI is InChI=1S/C17H26N4S.C6H8O.C4H11N.C2H6/c1-5-8-14-20-15-16(12(3)13(4)19-17(15)18)21(14)9-7-11-22-10-6-2;1-3-4-6(2)5-7;1-2-3-4-5;1-2/h6,10H,5,7-9,11H2,1-4H3,(H2,18,19);3-5H,2H2,1H3;2-5H2,1H3;1-2H3/b10-6+;4-3-;;. The summed E-state index contributed by atoms with van der Waals surface area (Å²) in [5, 5.41) is 2.15. The fourth-order valence-electron chi connectivity index (χ4n) is 3.13. The van der Waals surface area contributed by atoms with Gasteiger partial charge in [-0.05, 0) is 70.2 Å². The Kier molecular flexibility index (Phi) is 22.9. The van der Waals surface area contributed by atoms with Gasteiger partial charge in [-0.15, -0.1) is 11.8 Å². The second kappa shape index (κ2) is 23.0. The minimum atomic E-state index is 0.516. The van der Waals surface area contributed by atoms with Gasteiger partial charge in [-0.25, -0.2) is 9.97 Å². The number of rotatable bonds is 11. The number of allylic oxidation sites excluding steroid dienone is 4. The average molecular weight is 518 g/mol. The van der Waals surface area contributed by atoms with Crippen molar-refractivity contribution in [3.05, 3.63) is 52.9 Å². The molecule has 0 aromatic carbocycles. The third kappa shape index (κ3) is 13.6. The van der Waals surface area contributed by atoms with E-state index in [0.29, 0.717) is 11.4 Å². The van der Waals surface area contributed by atoms with Crippen molar-refractivity contribution in [1.82, 2.24) is 14.5 Å². The Hall–Kier alpha value is -2.38. The average Bonchev–Trinajstić information content (AvgIpc) is 3.24. The highest BCUT2D eigenvalue weighted by atomic mass is 32.2. The van der Waals surface area contributed by atoms with Gasteiger partial charge in [0.1, 0.15) is 17.6 Å². The van der Waals surface area contributed by atoms with Gasteiger partial charge in [-0.3, -0.25) is 4.79 Å². The van der Waals surface area contributed by atoms with E-state index < -0.39 is 0 Å². The van der Waals surface area contributed by atoms with Crippen molar-refractivity contribution in [2.45, 2.75) is 94.0 Å². The van der Waals surface area contributed by atoms with E-state index in [0.717, 1.165) is 61.4 Å². The summed E-state index contributed by atoms with van der Waals surface area (Å²) < 4.78 is 2.36. The molecule has 2 aromatic rings. The Morgan fingerprint density at radius 3 is 2.19 bits per heavy atom. The number of aryl methyl sites for hydroxylation is 4. The number of nitrogens with zero attached hydrogens (tertiary/aromatic N) is 3. The van der Waals surface area contributed by atoms with Gasteiger partial charge < -0.3 is 16.0 Å². The summed E-state index contributed by atoms with van der Waals surface area (Å²) in [6.45, 7) is 21.6. The summed E-state index contributed by atoms with van der Waals surface area (Å²) in [5.74, 6) is 2.81. The van der Waals surface area contributed by atoms with Crippen LogP contribution in [0.3, 0.4) is 0 Å². The van der Waals surface area contributed by atoms with Crippen LogP contribution in [0.4, 0.5) is 5.82 Å². The Morgan fingerprint density at radius 2 is 1.75 bits per heavy atom. The Balaban J connectivity index is 0. The number of fused-ring (bicyclic) bond motifs is 1. The van der Waals surface area contributed by atoms with Crippen LogP contribution in [0.15, 0.2) is 35.8 Å². The molecule has 0 fully saturated rings. The van der Waals surface area contributed by atoms with Crippen LogP contribution in [-0.2, 0) is 17.8 Å². The van der Waals surface area contributed by atoms with Crippen LogP contribution in [-0.4, -0.2) is 33.1 Å². The van der Waals surface area contributed by atoms with Gasteiger partial charge in [-0.2, -0.15) is 0 Å². The summed E-state index contributed by atoms with van der Waals surface area (Å²) in [6.07, 6.45) is 11.8. The third-order valence-electron chi connectivity index (χ3n) is 4.91. The van der Waals surface area contributed by atoms with Gasteiger partial charge in [-0.1, -0.05) is 58.9 Å².